The molecule has 5 rings (SSSR count). The third-order valence-corrected chi connectivity index (χ3v) is 5.73. The third-order valence-electron chi connectivity index (χ3n) is 5.20. The van der Waals surface area contributed by atoms with Gasteiger partial charge in [0.05, 0.1) is 11.1 Å². The van der Waals surface area contributed by atoms with Crippen molar-refractivity contribution in [3.8, 4) is 11.3 Å². The van der Waals surface area contributed by atoms with Gasteiger partial charge in [-0.15, -0.1) is 0 Å². The first-order valence-corrected chi connectivity index (χ1v) is 11.3. The van der Waals surface area contributed by atoms with Crippen LogP contribution in [0.2, 0.25) is 0 Å². The van der Waals surface area contributed by atoms with Crippen molar-refractivity contribution >= 4 is 56.4 Å². The number of halogens is 1. The van der Waals surface area contributed by atoms with Gasteiger partial charge in [0.1, 0.15) is 11.5 Å². The molecule has 0 unspecified atom stereocenters. The van der Waals surface area contributed by atoms with E-state index in [0.29, 0.717) is 28.5 Å². The SMILES string of the molecule is Cc1cc(-c2ccc(/C=N\Nc3nc4nonc4nc3Nc3ccc(Br)cc3)o2)c(C)c([N+](=O)[O-])c1. The summed E-state index contributed by atoms with van der Waals surface area (Å²) >= 11 is 3.41. The van der Waals surface area contributed by atoms with Crippen LogP contribution in [0.5, 0.6) is 0 Å². The minimum Gasteiger partial charge on any atom is -0.455 e. The Hall–Kier alpha value is -4.65. The lowest BCUT2D eigenvalue weighted by atomic mass is 10.0. The predicted octanol–water partition coefficient (Wildman–Crippen LogP) is 5.75. The summed E-state index contributed by atoms with van der Waals surface area (Å²) in [5, 5.41) is 26.2. The average molecular weight is 549 g/mol. The molecule has 0 amide bonds. The van der Waals surface area contributed by atoms with Gasteiger partial charge in [-0.1, -0.05) is 15.9 Å². The van der Waals surface area contributed by atoms with E-state index in [1.54, 1.807) is 26.0 Å². The second kappa shape index (κ2) is 9.54. The number of nitro benzene ring substituents is 1. The predicted molar refractivity (Wildman–Crippen MR) is 136 cm³/mol. The lowest BCUT2D eigenvalue weighted by Crippen LogP contribution is -2.03. The number of aryl methyl sites for hydroxylation is 1. The minimum atomic E-state index is -0.400. The molecular weight excluding hydrogens is 532 g/mol. The van der Waals surface area contributed by atoms with E-state index in [9.17, 15) is 10.1 Å². The first-order valence-electron chi connectivity index (χ1n) is 10.6. The molecule has 5 aromatic rings. The van der Waals surface area contributed by atoms with Gasteiger partial charge in [-0.25, -0.2) is 9.61 Å². The Balaban J connectivity index is 1.39. The van der Waals surface area contributed by atoms with Crippen molar-refractivity contribution in [2.24, 2.45) is 5.10 Å². The van der Waals surface area contributed by atoms with Gasteiger partial charge in [0, 0.05) is 27.4 Å². The Morgan fingerprint density at radius 1 is 1.03 bits per heavy atom. The highest BCUT2D eigenvalue weighted by Gasteiger charge is 2.18. The normalized spacial score (nSPS) is 11.3. The van der Waals surface area contributed by atoms with Crippen LogP contribution >= 0.6 is 15.9 Å². The molecule has 0 atom stereocenters. The van der Waals surface area contributed by atoms with Gasteiger partial charge < -0.3 is 9.73 Å². The molecule has 0 fully saturated rings. The lowest BCUT2D eigenvalue weighted by Gasteiger charge is -2.09. The standard InChI is InChI=1S/C23H17BrN8O4/c1-12-9-17(13(2)18(10-12)32(33)34)19-8-7-16(35-19)11-25-29-21-20(26-15-5-3-14(24)4-6-15)27-22-23(28-21)31-36-30-22/h3-11H,1-2H3,(H,26,27,30)(H,28,29,31)/b25-11-. The molecule has 0 bridgehead atoms. The van der Waals surface area contributed by atoms with Gasteiger partial charge in [0.2, 0.25) is 11.3 Å². The summed E-state index contributed by atoms with van der Waals surface area (Å²) in [6, 6.07) is 14.3. The van der Waals surface area contributed by atoms with E-state index in [2.05, 4.69) is 52.1 Å². The Morgan fingerprint density at radius 3 is 2.47 bits per heavy atom. The van der Waals surface area contributed by atoms with Crippen LogP contribution in [-0.4, -0.2) is 31.4 Å². The Morgan fingerprint density at radius 2 is 1.75 bits per heavy atom. The smallest absolute Gasteiger partial charge is 0.273 e. The molecule has 0 aliphatic heterocycles. The molecule has 180 valence electrons. The van der Waals surface area contributed by atoms with E-state index >= 15 is 0 Å². The number of furan rings is 1. The third kappa shape index (κ3) is 4.77. The summed E-state index contributed by atoms with van der Waals surface area (Å²) in [7, 11) is 0. The van der Waals surface area contributed by atoms with Crippen LogP contribution in [0.3, 0.4) is 0 Å². The fraction of sp³-hybridized carbons (Fsp3) is 0.0870. The highest BCUT2D eigenvalue weighted by atomic mass is 79.9. The number of rotatable bonds is 7. The maximum absolute atomic E-state index is 11.4. The topological polar surface area (TPSA) is 157 Å². The summed E-state index contributed by atoms with van der Waals surface area (Å²) in [5.74, 6) is 1.57. The summed E-state index contributed by atoms with van der Waals surface area (Å²) < 4.78 is 11.5. The number of benzene rings is 2. The zero-order valence-electron chi connectivity index (χ0n) is 18.9. The molecule has 0 aliphatic rings. The van der Waals surface area contributed by atoms with Crippen LogP contribution in [0.4, 0.5) is 23.0 Å². The number of fused-ring (bicyclic) bond motifs is 1. The van der Waals surface area contributed by atoms with E-state index < -0.39 is 4.92 Å². The van der Waals surface area contributed by atoms with E-state index in [-0.39, 0.29) is 22.8 Å². The zero-order chi connectivity index (χ0) is 25.2. The second-order valence-electron chi connectivity index (χ2n) is 7.75. The van der Waals surface area contributed by atoms with Gasteiger partial charge in [0.15, 0.2) is 11.6 Å². The van der Waals surface area contributed by atoms with Crippen LogP contribution in [0, 0.1) is 24.0 Å². The molecule has 13 heteroatoms. The maximum atomic E-state index is 11.4. The molecule has 3 heterocycles. The van der Waals surface area contributed by atoms with E-state index in [0.717, 1.165) is 15.7 Å². The van der Waals surface area contributed by atoms with Crippen LogP contribution in [0.15, 0.2) is 67.2 Å². The molecule has 2 aromatic carbocycles. The lowest BCUT2D eigenvalue weighted by molar-refractivity contribution is -0.385. The van der Waals surface area contributed by atoms with Crippen molar-refractivity contribution in [2.75, 3.05) is 10.7 Å². The summed E-state index contributed by atoms with van der Waals surface area (Å²) in [6.07, 6.45) is 1.46. The van der Waals surface area contributed by atoms with Crippen molar-refractivity contribution in [2.45, 2.75) is 13.8 Å². The van der Waals surface area contributed by atoms with Gasteiger partial charge in [-0.3, -0.25) is 15.5 Å². The van der Waals surface area contributed by atoms with Crippen LogP contribution in [-0.2, 0) is 0 Å². The second-order valence-corrected chi connectivity index (χ2v) is 8.67. The molecule has 0 aliphatic carbocycles. The number of hydrazone groups is 1. The van der Waals surface area contributed by atoms with Gasteiger partial charge in [-0.2, -0.15) is 10.1 Å². The van der Waals surface area contributed by atoms with E-state index in [4.69, 9.17) is 9.05 Å². The number of nitrogens with zero attached hydrogens (tertiary/aromatic N) is 6. The molecule has 36 heavy (non-hydrogen) atoms. The van der Waals surface area contributed by atoms with E-state index in [1.165, 1.54) is 12.3 Å². The first kappa shape index (κ1) is 23.1. The van der Waals surface area contributed by atoms with Crippen molar-refractivity contribution in [3.05, 3.63) is 80.0 Å². The molecule has 0 spiro atoms. The monoisotopic (exact) mass is 548 g/mol. The molecule has 2 N–H and O–H groups in total. The van der Waals surface area contributed by atoms with Gasteiger partial charge >= 0.3 is 0 Å². The number of hydrogen-bond acceptors (Lipinski definition) is 11. The van der Waals surface area contributed by atoms with Crippen LogP contribution in [0.25, 0.3) is 22.6 Å². The van der Waals surface area contributed by atoms with Crippen LogP contribution in [0.1, 0.15) is 16.9 Å². The fourth-order valence-electron chi connectivity index (χ4n) is 3.48. The van der Waals surface area contributed by atoms with Gasteiger partial charge in [-0.05, 0) is 72.2 Å². The number of hydrogen-bond donors (Lipinski definition) is 2. The number of anilines is 3. The van der Waals surface area contributed by atoms with Crippen molar-refractivity contribution in [1.82, 2.24) is 20.3 Å². The zero-order valence-corrected chi connectivity index (χ0v) is 20.5. The maximum Gasteiger partial charge on any atom is 0.273 e. The molecule has 0 saturated heterocycles. The Labute approximate surface area is 211 Å². The van der Waals surface area contributed by atoms with Crippen LogP contribution < -0.4 is 10.7 Å². The fourth-order valence-corrected chi connectivity index (χ4v) is 3.75. The molecule has 0 radical (unpaired) electrons. The van der Waals surface area contributed by atoms with Crippen molar-refractivity contribution < 1.29 is 14.0 Å². The average Bonchev–Trinajstić information content (AvgIpc) is 3.51. The van der Waals surface area contributed by atoms with Crippen molar-refractivity contribution in [3.63, 3.8) is 0 Å². The first-order chi connectivity index (χ1) is 17.4. The van der Waals surface area contributed by atoms with Gasteiger partial charge in [0.25, 0.3) is 5.69 Å². The summed E-state index contributed by atoms with van der Waals surface area (Å²) in [4.78, 5) is 19.7. The summed E-state index contributed by atoms with van der Waals surface area (Å²) in [6.45, 7) is 3.49. The number of nitro groups is 1. The quantitative estimate of drug-likeness (QED) is 0.145. The van der Waals surface area contributed by atoms with E-state index in [1.807, 2.05) is 30.3 Å². The minimum absolute atomic E-state index is 0.0420. The highest BCUT2D eigenvalue weighted by molar-refractivity contribution is 9.10. The highest BCUT2D eigenvalue weighted by Crippen LogP contribution is 2.32. The largest absolute Gasteiger partial charge is 0.455 e. The Kier molecular flexibility index (Phi) is 6.12. The molecule has 12 nitrogen and oxygen atoms in total. The molecule has 3 aromatic heterocycles. The number of aromatic nitrogens is 4. The molecular formula is C23H17BrN8O4. The summed E-state index contributed by atoms with van der Waals surface area (Å²) in [5.41, 5.74) is 6.03. The Bertz CT molecular complexity index is 1610. The number of nitrogens with one attached hydrogen (secondary N) is 2. The van der Waals surface area contributed by atoms with Crippen molar-refractivity contribution in [1.29, 1.82) is 0 Å². The molecule has 0 saturated carbocycles.